The van der Waals surface area contributed by atoms with Gasteiger partial charge in [-0.05, 0) is 55.2 Å². The van der Waals surface area contributed by atoms with Crippen LogP contribution in [-0.2, 0) is 11.3 Å². The summed E-state index contributed by atoms with van der Waals surface area (Å²) in [6.45, 7) is 2.25. The Morgan fingerprint density at radius 1 is 1.06 bits per heavy atom. The Labute approximate surface area is 194 Å². The fourth-order valence-corrected chi connectivity index (χ4v) is 4.32. The quantitative estimate of drug-likeness (QED) is 0.526. The lowest BCUT2D eigenvalue weighted by Crippen LogP contribution is -2.45. The average molecular weight is 447 g/mol. The third-order valence-corrected chi connectivity index (χ3v) is 6.16. The number of rotatable bonds is 8. The minimum Gasteiger partial charge on any atom is -0.497 e. The Morgan fingerprint density at radius 3 is 2.36 bits per heavy atom. The van der Waals surface area contributed by atoms with Crippen LogP contribution in [0.1, 0.15) is 59.0 Å². The first-order valence-electron chi connectivity index (χ1n) is 11.4. The van der Waals surface area contributed by atoms with Gasteiger partial charge in [-0.2, -0.15) is 0 Å². The van der Waals surface area contributed by atoms with Gasteiger partial charge in [0.25, 0.3) is 5.91 Å². The summed E-state index contributed by atoms with van der Waals surface area (Å²) in [7, 11) is 1.61. The molecule has 1 saturated carbocycles. The Kier molecular flexibility index (Phi) is 7.13. The summed E-state index contributed by atoms with van der Waals surface area (Å²) in [6.07, 6.45) is 5.63. The third kappa shape index (κ3) is 5.45. The van der Waals surface area contributed by atoms with Crippen molar-refractivity contribution in [3.8, 4) is 5.75 Å². The molecule has 1 aliphatic rings. The molecule has 0 aliphatic heterocycles. The van der Waals surface area contributed by atoms with E-state index >= 15 is 0 Å². The van der Waals surface area contributed by atoms with Gasteiger partial charge in [0.1, 0.15) is 11.8 Å². The molecule has 2 aromatic carbocycles. The van der Waals surface area contributed by atoms with E-state index < -0.39 is 6.04 Å². The van der Waals surface area contributed by atoms with E-state index in [1.165, 1.54) is 6.26 Å². The molecule has 1 N–H and O–H groups in total. The van der Waals surface area contributed by atoms with E-state index in [-0.39, 0.29) is 30.2 Å². The second kappa shape index (κ2) is 10.4. The zero-order valence-corrected chi connectivity index (χ0v) is 19.1. The van der Waals surface area contributed by atoms with Gasteiger partial charge in [-0.1, -0.05) is 54.8 Å². The molecule has 1 atom stereocenters. The topological polar surface area (TPSA) is 71.8 Å². The number of nitrogens with one attached hydrogen (secondary N) is 1. The number of furan rings is 1. The number of ether oxygens (including phenoxy) is 1. The molecule has 1 fully saturated rings. The van der Waals surface area contributed by atoms with E-state index in [1.807, 2.05) is 55.5 Å². The Balaban J connectivity index is 1.72. The molecule has 1 unspecified atom stereocenters. The maximum absolute atomic E-state index is 13.6. The summed E-state index contributed by atoms with van der Waals surface area (Å²) in [5, 5.41) is 3.19. The van der Waals surface area contributed by atoms with E-state index in [0.29, 0.717) is 0 Å². The van der Waals surface area contributed by atoms with Crippen molar-refractivity contribution in [3.05, 3.63) is 89.4 Å². The van der Waals surface area contributed by atoms with Gasteiger partial charge in [0.2, 0.25) is 5.91 Å². The first-order valence-corrected chi connectivity index (χ1v) is 11.4. The van der Waals surface area contributed by atoms with Crippen LogP contribution in [0.5, 0.6) is 5.75 Å². The number of nitrogens with zero attached hydrogens (tertiary/aromatic N) is 1. The van der Waals surface area contributed by atoms with Crippen LogP contribution in [0.3, 0.4) is 0 Å². The number of amides is 2. The monoisotopic (exact) mass is 446 g/mol. The van der Waals surface area contributed by atoms with E-state index in [1.54, 1.807) is 24.1 Å². The van der Waals surface area contributed by atoms with E-state index in [9.17, 15) is 9.59 Å². The highest BCUT2D eigenvalue weighted by atomic mass is 16.5. The largest absolute Gasteiger partial charge is 0.497 e. The van der Waals surface area contributed by atoms with E-state index in [4.69, 9.17) is 9.15 Å². The fourth-order valence-electron chi connectivity index (χ4n) is 4.32. The van der Waals surface area contributed by atoms with E-state index in [2.05, 4.69) is 5.32 Å². The van der Waals surface area contributed by atoms with Gasteiger partial charge in [-0.3, -0.25) is 9.59 Å². The van der Waals surface area contributed by atoms with Crippen LogP contribution in [0.4, 0.5) is 0 Å². The molecule has 6 nitrogen and oxygen atoms in total. The van der Waals surface area contributed by atoms with Crippen LogP contribution >= 0.6 is 0 Å². The number of aryl methyl sites for hydroxylation is 1. The molecule has 6 heteroatoms. The number of benzene rings is 2. The van der Waals surface area contributed by atoms with Crippen LogP contribution in [0, 0.1) is 6.92 Å². The molecule has 3 aromatic rings. The highest BCUT2D eigenvalue weighted by Gasteiger charge is 2.34. The van der Waals surface area contributed by atoms with Crippen molar-refractivity contribution in [3.63, 3.8) is 0 Å². The number of carbonyl (C=O) groups excluding carboxylic acids is 2. The van der Waals surface area contributed by atoms with Crippen molar-refractivity contribution in [1.29, 1.82) is 0 Å². The van der Waals surface area contributed by atoms with Crippen LogP contribution in [0.25, 0.3) is 0 Å². The minimum atomic E-state index is -0.786. The molecule has 2 amide bonds. The van der Waals surface area contributed by atoms with Crippen molar-refractivity contribution >= 4 is 11.8 Å². The summed E-state index contributed by atoms with van der Waals surface area (Å²) < 4.78 is 10.7. The van der Waals surface area contributed by atoms with Crippen LogP contribution in [0.2, 0.25) is 0 Å². The summed E-state index contributed by atoms with van der Waals surface area (Å²) >= 11 is 0. The molecule has 4 rings (SSSR count). The first kappa shape index (κ1) is 22.6. The van der Waals surface area contributed by atoms with Gasteiger partial charge in [0.05, 0.1) is 13.4 Å². The van der Waals surface area contributed by atoms with Crippen LogP contribution in [-0.4, -0.2) is 29.9 Å². The summed E-state index contributed by atoms with van der Waals surface area (Å²) in [4.78, 5) is 28.8. The molecule has 1 heterocycles. The average Bonchev–Trinajstić information content (AvgIpc) is 3.54. The van der Waals surface area contributed by atoms with Gasteiger partial charge >= 0.3 is 0 Å². The van der Waals surface area contributed by atoms with Gasteiger partial charge in [0.15, 0.2) is 5.76 Å². The smallest absolute Gasteiger partial charge is 0.290 e. The number of hydrogen-bond donors (Lipinski definition) is 1. The van der Waals surface area contributed by atoms with Gasteiger partial charge in [0, 0.05) is 12.6 Å². The zero-order chi connectivity index (χ0) is 23.2. The molecule has 0 bridgehead atoms. The molecular weight excluding hydrogens is 416 g/mol. The fraction of sp³-hybridized carbons (Fsp3) is 0.333. The first-order chi connectivity index (χ1) is 16.0. The zero-order valence-electron chi connectivity index (χ0n) is 19.1. The SMILES string of the molecule is COc1ccc(CN(C(=O)c2ccco2)C(C(=O)NC2CCCC2)c2ccc(C)cc2)cc1. The predicted molar refractivity (Wildman–Crippen MR) is 126 cm³/mol. The van der Waals surface area contributed by atoms with Crippen molar-refractivity contribution in [2.24, 2.45) is 0 Å². The maximum atomic E-state index is 13.6. The van der Waals surface area contributed by atoms with Crippen LogP contribution < -0.4 is 10.1 Å². The van der Waals surface area contributed by atoms with Crippen LogP contribution in [0.15, 0.2) is 71.3 Å². The lowest BCUT2D eigenvalue weighted by atomic mass is 10.0. The third-order valence-electron chi connectivity index (χ3n) is 6.16. The summed E-state index contributed by atoms with van der Waals surface area (Å²) in [5.41, 5.74) is 2.75. The summed E-state index contributed by atoms with van der Waals surface area (Å²) in [5.74, 6) is 0.438. The van der Waals surface area contributed by atoms with Gasteiger partial charge in [-0.25, -0.2) is 0 Å². The predicted octanol–water partition coefficient (Wildman–Crippen LogP) is 5.04. The summed E-state index contributed by atoms with van der Waals surface area (Å²) in [6, 6.07) is 18.0. The number of methoxy groups -OCH3 is 1. The Bertz CT molecular complexity index is 1050. The molecule has 1 aromatic heterocycles. The molecule has 172 valence electrons. The highest BCUT2D eigenvalue weighted by molar-refractivity contribution is 5.96. The highest BCUT2D eigenvalue weighted by Crippen LogP contribution is 2.28. The molecule has 0 radical (unpaired) electrons. The van der Waals surface area contributed by atoms with Gasteiger partial charge < -0.3 is 19.4 Å². The molecule has 0 saturated heterocycles. The Hall–Kier alpha value is -3.54. The lowest BCUT2D eigenvalue weighted by Gasteiger charge is -2.32. The second-order valence-electron chi connectivity index (χ2n) is 8.56. The normalized spacial score (nSPS) is 14.6. The second-order valence-corrected chi connectivity index (χ2v) is 8.56. The Morgan fingerprint density at radius 2 is 1.76 bits per heavy atom. The van der Waals surface area contributed by atoms with Crippen molar-refractivity contribution in [2.45, 2.75) is 51.2 Å². The molecule has 1 aliphatic carbocycles. The minimum absolute atomic E-state index is 0.145. The number of hydrogen-bond acceptors (Lipinski definition) is 4. The van der Waals surface area contributed by atoms with E-state index in [0.717, 1.165) is 48.1 Å². The van der Waals surface area contributed by atoms with Crippen molar-refractivity contribution < 1.29 is 18.7 Å². The molecular formula is C27H30N2O4. The standard InChI is InChI=1S/C27H30N2O4/c1-19-9-13-21(14-10-19)25(26(30)28-22-6-3-4-7-22)29(27(31)24-8-5-17-33-24)18-20-11-15-23(32-2)16-12-20/h5,8-17,22,25H,3-4,6-7,18H2,1-2H3,(H,28,30). The van der Waals surface area contributed by atoms with Crippen molar-refractivity contribution in [2.75, 3.05) is 7.11 Å². The number of carbonyl (C=O) groups is 2. The maximum Gasteiger partial charge on any atom is 0.290 e. The molecule has 0 spiro atoms. The lowest BCUT2D eigenvalue weighted by molar-refractivity contribution is -0.126. The van der Waals surface area contributed by atoms with Crippen molar-refractivity contribution in [1.82, 2.24) is 10.2 Å². The molecule has 33 heavy (non-hydrogen) atoms. The van der Waals surface area contributed by atoms with Gasteiger partial charge in [-0.15, -0.1) is 0 Å².